The molecule has 3 heteroatoms. The maximum Gasteiger partial charge on any atom is 0.346 e. The minimum absolute atomic E-state index is 0.0633. The highest BCUT2D eigenvalue weighted by atomic mass is 16.4. The Morgan fingerprint density at radius 2 is 2.00 bits per heavy atom. The average Bonchev–Trinajstić information content (AvgIpc) is 2.27. The minimum atomic E-state index is -0.584. The molecule has 0 spiro atoms. The Balaban J connectivity index is 2.73. The van der Waals surface area contributed by atoms with E-state index in [1.807, 2.05) is 12.1 Å². The van der Waals surface area contributed by atoms with Gasteiger partial charge in [0.2, 0.25) is 0 Å². The maximum atomic E-state index is 11.3. The Morgan fingerprint density at radius 1 is 1.25 bits per heavy atom. The van der Waals surface area contributed by atoms with E-state index in [0.29, 0.717) is 17.8 Å². The second kappa shape index (κ2) is 3.93. The highest BCUT2D eigenvalue weighted by molar-refractivity contribution is 5.84. The number of aldehydes is 1. The highest BCUT2D eigenvalue weighted by Gasteiger charge is 2.06. The van der Waals surface area contributed by atoms with Crippen LogP contribution in [0.1, 0.15) is 35.7 Å². The Labute approximate surface area is 92.7 Å². The van der Waals surface area contributed by atoms with E-state index in [1.165, 1.54) is 0 Å². The van der Waals surface area contributed by atoms with Gasteiger partial charge in [0.1, 0.15) is 11.1 Å². The third-order valence-corrected chi connectivity index (χ3v) is 2.58. The zero-order chi connectivity index (χ0) is 11.7. The van der Waals surface area contributed by atoms with Crippen LogP contribution in [0.5, 0.6) is 0 Å². The van der Waals surface area contributed by atoms with Gasteiger partial charge in [-0.1, -0.05) is 19.9 Å². The van der Waals surface area contributed by atoms with Crippen molar-refractivity contribution in [2.75, 3.05) is 0 Å². The molecule has 1 heterocycles. The molecule has 1 aromatic carbocycles. The Kier molecular flexibility index (Phi) is 2.60. The molecular formula is C13H12O3. The fourth-order valence-corrected chi connectivity index (χ4v) is 1.60. The van der Waals surface area contributed by atoms with Crippen molar-refractivity contribution in [2.24, 2.45) is 0 Å². The SMILES string of the molecule is CC(C)c1ccc2oc(=O)c(C=O)cc2c1. The lowest BCUT2D eigenvalue weighted by molar-refractivity contribution is 0.112. The van der Waals surface area contributed by atoms with E-state index in [4.69, 9.17) is 4.42 Å². The topological polar surface area (TPSA) is 47.3 Å². The van der Waals surface area contributed by atoms with Crippen molar-refractivity contribution in [3.8, 4) is 0 Å². The summed E-state index contributed by atoms with van der Waals surface area (Å²) in [6.07, 6.45) is 0.521. The molecule has 0 amide bonds. The van der Waals surface area contributed by atoms with E-state index in [-0.39, 0.29) is 5.56 Å². The molecule has 82 valence electrons. The van der Waals surface area contributed by atoms with Crippen molar-refractivity contribution in [1.29, 1.82) is 0 Å². The van der Waals surface area contributed by atoms with Crippen molar-refractivity contribution in [2.45, 2.75) is 19.8 Å². The smallest absolute Gasteiger partial charge is 0.346 e. The van der Waals surface area contributed by atoms with Crippen molar-refractivity contribution >= 4 is 17.3 Å². The number of carbonyl (C=O) groups excluding carboxylic acids is 1. The molecule has 0 aliphatic heterocycles. The molecule has 0 radical (unpaired) electrons. The van der Waals surface area contributed by atoms with Crippen LogP contribution < -0.4 is 5.63 Å². The number of carbonyl (C=O) groups is 1. The molecule has 0 saturated heterocycles. The normalized spacial score (nSPS) is 10.9. The molecule has 0 fully saturated rings. The van der Waals surface area contributed by atoms with E-state index < -0.39 is 5.63 Å². The summed E-state index contributed by atoms with van der Waals surface area (Å²) in [6.45, 7) is 4.17. The largest absolute Gasteiger partial charge is 0.422 e. The number of hydrogen-bond donors (Lipinski definition) is 0. The minimum Gasteiger partial charge on any atom is -0.422 e. The molecule has 0 bridgehead atoms. The van der Waals surface area contributed by atoms with Crippen LogP contribution in [0.2, 0.25) is 0 Å². The van der Waals surface area contributed by atoms with Crippen molar-refractivity contribution in [3.63, 3.8) is 0 Å². The van der Waals surface area contributed by atoms with Crippen LogP contribution >= 0.6 is 0 Å². The van der Waals surface area contributed by atoms with Gasteiger partial charge in [0.05, 0.1) is 0 Å². The van der Waals surface area contributed by atoms with E-state index >= 15 is 0 Å². The van der Waals surface area contributed by atoms with Gasteiger partial charge in [-0.25, -0.2) is 4.79 Å². The molecule has 0 atom stereocenters. The lowest BCUT2D eigenvalue weighted by Gasteiger charge is -2.06. The second-order valence-electron chi connectivity index (χ2n) is 4.06. The van der Waals surface area contributed by atoms with Crippen LogP contribution in [-0.4, -0.2) is 6.29 Å². The molecule has 2 aromatic rings. The lowest BCUT2D eigenvalue weighted by atomic mass is 10.0. The van der Waals surface area contributed by atoms with Gasteiger partial charge in [0, 0.05) is 5.39 Å². The van der Waals surface area contributed by atoms with Crippen LogP contribution in [-0.2, 0) is 0 Å². The van der Waals surface area contributed by atoms with Gasteiger partial charge in [-0.2, -0.15) is 0 Å². The number of benzene rings is 1. The zero-order valence-electron chi connectivity index (χ0n) is 9.19. The fourth-order valence-electron chi connectivity index (χ4n) is 1.60. The molecule has 0 aliphatic rings. The van der Waals surface area contributed by atoms with Gasteiger partial charge < -0.3 is 4.42 Å². The molecular weight excluding hydrogens is 204 g/mol. The summed E-state index contributed by atoms with van der Waals surface area (Å²) < 4.78 is 5.03. The summed E-state index contributed by atoms with van der Waals surface area (Å²) in [6, 6.07) is 7.20. The Morgan fingerprint density at radius 3 is 2.62 bits per heavy atom. The molecule has 1 aromatic heterocycles. The van der Waals surface area contributed by atoms with Crippen molar-refractivity contribution in [3.05, 3.63) is 45.8 Å². The zero-order valence-corrected chi connectivity index (χ0v) is 9.19. The van der Waals surface area contributed by atoms with Crippen LogP contribution in [0.4, 0.5) is 0 Å². The predicted molar refractivity (Wildman–Crippen MR) is 62.0 cm³/mol. The average molecular weight is 216 g/mol. The summed E-state index contributed by atoms with van der Waals surface area (Å²) in [5.74, 6) is 0.399. The summed E-state index contributed by atoms with van der Waals surface area (Å²) >= 11 is 0. The monoisotopic (exact) mass is 216 g/mol. The first-order chi connectivity index (χ1) is 7.61. The summed E-state index contributed by atoms with van der Waals surface area (Å²) in [4.78, 5) is 21.9. The van der Waals surface area contributed by atoms with Gasteiger partial charge >= 0.3 is 5.63 Å². The van der Waals surface area contributed by atoms with Gasteiger partial charge in [-0.05, 0) is 29.7 Å². The third-order valence-electron chi connectivity index (χ3n) is 2.58. The van der Waals surface area contributed by atoms with Crippen molar-refractivity contribution in [1.82, 2.24) is 0 Å². The first-order valence-electron chi connectivity index (χ1n) is 5.15. The van der Waals surface area contributed by atoms with E-state index in [2.05, 4.69) is 13.8 Å². The van der Waals surface area contributed by atoms with E-state index in [9.17, 15) is 9.59 Å². The van der Waals surface area contributed by atoms with Crippen molar-refractivity contribution < 1.29 is 9.21 Å². The number of rotatable bonds is 2. The molecule has 16 heavy (non-hydrogen) atoms. The standard InChI is InChI=1S/C13H12O3/c1-8(2)9-3-4-12-10(5-9)6-11(7-14)13(15)16-12/h3-8H,1-2H3. The molecule has 0 unspecified atom stereocenters. The predicted octanol–water partition coefficient (Wildman–Crippen LogP) is 2.73. The van der Waals surface area contributed by atoms with Crippen LogP contribution in [0.15, 0.2) is 33.5 Å². The van der Waals surface area contributed by atoms with Crippen LogP contribution in [0.3, 0.4) is 0 Å². The third kappa shape index (κ3) is 1.76. The number of fused-ring (bicyclic) bond motifs is 1. The fraction of sp³-hybridized carbons (Fsp3) is 0.231. The van der Waals surface area contributed by atoms with Gasteiger partial charge in [0.15, 0.2) is 6.29 Å². The maximum absolute atomic E-state index is 11.3. The summed E-state index contributed by atoms with van der Waals surface area (Å²) in [5.41, 5.74) is 1.14. The molecule has 3 nitrogen and oxygen atoms in total. The van der Waals surface area contributed by atoms with E-state index in [0.717, 1.165) is 10.9 Å². The first kappa shape index (κ1) is 10.6. The Bertz CT molecular complexity index is 594. The molecule has 0 saturated carbocycles. The van der Waals surface area contributed by atoms with Gasteiger partial charge in [-0.15, -0.1) is 0 Å². The van der Waals surface area contributed by atoms with Crippen LogP contribution in [0.25, 0.3) is 11.0 Å². The summed E-state index contributed by atoms with van der Waals surface area (Å²) in [7, 11) is 0. The Hall–Kier alpha value is -1.90. The first-order valence-corrected chi connectivity index (χ1v) is 5.15. The number of hydrogen-bond acceptors (Lipinski definition) is 3. The van der Waals surface area contributed by atoms with E-state index in [1.54, 1.807) is 12.1 Å². The lowest BCUT2D eigenvalue weighted by Crippen LogP contribution is -2.05. The summed E-state index contributed by atoms with van der Waals surface area (Å²) in [5, 5.41) is 0.785. The van der Waals surface area contributed by atoms with Crippen LogP contribution in [0, 0.1) is 0 Å². The second-order valence-corrected chi connectivity index (χ2v) is 4.06. The molecule has 2 rings (SSSR count). The van der Waals surface area contributed by atoms with Gasteiger partial charge in [-0.3, -0.25) is 4.79 Å². The molecule has 0 N–H and O–H groups in total. The highest BCUT2D eigenvalue weighted by Crippen LogP contribution is 2.20. The molecule has 0 aliphatic carbocycles. The quantitative estimate of drug-likeness (QED) is 0.572. The van der Waals surface area contributed by atoms with Gasteiger partial charge in [0.25, 0.3) is 0 Å².